The van der Waals surface area contributed by atoms with Crippen molar-refractivity contribution < 1.29 is 12.8 Å². The molecule has 0 spiro atoms. The number of aromatic amines is 1. The van der Waals surface area contributed by atoms with Crippen LogP contribution in [0.15, 0.2) is 43.0 Å². The fraction of sp³-hybridized carbons (Fsp3) is 0.286. The molecule has 0 saturated carbocycles. The van der Waals surface area contributed by atoms with Crippen LogP contribution in [0.4, 0.5) is 4.39 Å². The molecular weight excluding hydrogens is 419 g/mol. The van der Waals surface area contributed by atoms with Crippen LogP contribution in [-0.4, -0.2) is 51.1 Å². The van der Waals surface area contributed by atoms with Crippen LogP contribution in [0.5, 0.6) is 0 Å². The van der Waals surface area contributed by atoms with E-state index in [1.54, 1.807) is 19.2 Å². The Labute approximate surface area is 178 Å². The standard InChI is InChI=1S/C21H19FN6O2S/c1-2-31(29,30)27-11-21(12-27,6-7-23)28-10-17(16-9-14(22)3-4-18(16)28)19-15-5-8-24-20(15)26-13-25-19/h3-5,8-10,13H,2,6,11-12H2,1H3,(H,24,25,26). The van der Waals surface area contributed by atoms with Gasteiger partial charge in [0.25, 0.3) is 0 Å². The quantitative estimate of drug-likeness (QED) is 0.515. The highest BCUT2D eigenvalue weighted by Gasteiger charge is 2.49. The van der Waals surface area contributed by atoms with Crippen LogP contribution in [0.3, 0.4) is 0 Å². The summed E-state index contributed by atoms with van der Waals surface area (Å²) in [5, 5.41) is 11.0. The summed E-state index contributed by atoms with van der Waals surface area (Å²) >= 11 is 0. The Balaban J connectivity index is 1.72. The molecule has 4 heterocycles. The monoisotopic (exact) mass is 438 g/mol. The second kappa shape index (κ2) is 6.87. The summed E-state index contributed by atoms with van der Waals surface area (Å²) in [7, 11) is -3.36. The van der Waals surface area contributed by atoms with Gasteiger partial charge in [-0.15, -0.1) is 0 Å². The van der Waals surface area contributed by atoms with Crippen molar-refractivity contribution in [1.82, 2.24) is 23.8 Å². The Morgan fingerprint density at radius 1 is 1.26 bits per heavy atom. The summed E-state index contributed by atoms with van der Waals surface area (Å²) in [6.45, 7) is 1.99. The molecule has 1 N–H and O–H groups in total. The van der Waals surface area contributed by atoms with Gasteiger partial charge < -0.3 is 9.55 Å². The van der Waals surface area contributed by atoms with Crippen LogP contribution in [0.2, 0.25) is 0 Å². The summed E-state index contributed by atoms with van der Waals surface area (Å²) in [6, 6.07) is 8.54. The third-order valence-corrected chi connectivity index (χ3v) is 7.77. The number of hydrogen-bond donors (Lipinski definition) is 1. The van der Waals surface area contributed by atoms with Crippen molar-refractivity contribution in [3.8, 4) is 17.3 Å². The van der Waals surface area contributed by atoms with Crippen molar-refractivity contribution in [3.05, 3.63) is 48.8 Å². The van der Waals surface area contributed by atoms with Crippen molar-refractivity contribution in [3.63, 3.8) is 0 Å². The van der Waals surface area contributed by atoms with Crippen LogP contribution < -0.4 is 0 Å². The van der Waals surface area contributed by atoms with E-state index in [2.05, 4.69) is 21.0 Å². The van der Waals surface area contributed by atoms with Gasteiger partial charge in [-0.1, -0.05) is 0 Å². The molecule has 158 valence electrons. The molecule has 1 aliphatic heterocycles. The number of benzene rings is 1. The van der Waals surface area contributed by atoms with E-state index in [4.69, 9.17) is 0 Å². The Hall–Kier alpha value is -3.29. The zero-order valence-corrected chi connectivity index (χ0v) is 17.5. The Morgan fingerprint density at radius 3 is 2.81 bits per heavy atom. The number of rotatable bonds is 5. The molecule has 31 heavy (non-hydrogen) atoms. The smallest absolute Gasteiger partial charge is 0.213 e. The van der Waals surface area contributed by atoms with E-state index < -0.39 is 15.6 Å². The highest BCUT2D eigenvalue weighted by molar-refractivity contribution is 7.89. The zero-order chi connectivity index (χ0) is 21.8. The van der Waals surface area contributed by atoms with Crippen molar-refractivity contribution in [1.29, 1.82) is 5.26 Å². The lowest BCUT2D eigenvalue weighted by molar-refractivity contribution is 0.0893. The normalized spacial score (nSPS) is 16.4. The highest BCUT2D eigenvalue weighted by atomic mass is 32.2. The molecule has 10 heteroatoms. The van der Waals surface area contributed by atoms with Gasteiger partial charge in [-0.25, -0.2) is 22.8 Å². The van der Waals surface area contributed by atoms with E-state index in [-0.39, 0.29) is 31.1 Å². The predicted molar refractivity (Wildman–Crippen MR) is 114 cm³/mol. The minimum Gasteiger partial charge on any atom is -0.346 e. The van der Waals surface area contributed by atoms with Crippen molar-refractivity contribution in [2.75, 3.05) is 18.8 Å². The molecule has 5 rings (SSSR count). The molecule has 3 aromatic heterocycles. The summed E-state index contributed by atoms with van der Waals surface area (Å²) in [5.74, 6) is -0.380. The van der Waals surface area contributed by atoms with Gasteiger partial charge in [0.05, 0.1) is 29.5 Å². The number of nitrogens with one attached hydrogen (secondary N) is 1. The molecule has 0 unspecified atom stereocenters. The molecule has 1 aliphatic rings. The lowest BCUT2D eigenvalue weighted by atomic mass is 9.88. The number of halogens is 1. The van der Waals surface area contributed by atoms with Crippen LogP contribution in [0.1, 0.15) is 13.3 Å². The van der Waals surface area contributed by atoms with Crippen LogP contribution in [0, 0.1) is 17.1 Å². The highest BCUT2D eigenvalue weighted by Crippen LogP contribution is 2.41. The minimum atomic E-state index is -3.36. The largest absolute Gasteiger partial charge is 0.346 e. The maximum atomic E-state index is 14.2. The van der Waals surface area contributed by atoms with E-state index >= 15 is 0 Å². The minimum absolute atomic E-state index is 0.00489. The van der Waals surface area contributed by atoms with Crippen LogP contribution in [-0.2, 0) is 15.6 Å². The van der Waals surface area contributed by atoms with Gasteiger partial charge in [-0.2, -0.15) is 9.57 Å². The maximum absolute atomic E-state index is 14.2. The molecular formula is C21H19FN6O2S. The molecule has 0 radical (unpaired) electrons. The first-order valence-electron chi connectivity index (χ1n) is 9.83. The van der Waals surface area contributed by atoms with Gasteiger partial charge in [0.2, 0.25) is 10.0 Å². The molecule has 0 aliphatic carbocycles. The van der Waals surface area contributed by atoms with E-state index in [0.717, 1.165) is 10.9 Å². The van der Waals surface area contributed by atoms with E-state index in [1.807, 2.05) is 16.8 Å². The lowest BCUT2D eigenvalue weighted by Gasteiger charge is -2.49. The van der Waals surface area contributed by atoms with Gasteiger partial charge in [-0.05, 0) is 31.2 Å². The third kappa shape index (κ3) is 2.92. The number of aromatic nitrogens is 4. The fourth-order valence-corrected chi connectivity index (χ4v) is 5.60. The van der Waals surface area contributed by atoms with Crippen molar-refractivity contribution in [2.45, 2.75) is 18.9 Å². The first-order valence-corrected chi connectivity index (χ1v) is 11.4. The number of hydrogen-bond acceptors (Lipinski definition) is 5. The Morgan fingerprint density at radius 2 is 2.06 bits per heavy atom. The third-order valence-electron chi connectivity index (χ3n) is 5.99. The average molecular weight is 438 g/mol. The van der Waals surface area contributed by atoms with E-state index in [9.17, 15) is 18.1 Å². The van der Waals surface area contributed by atoms with Gasteiger partial charge in [-0.3, -0.25) is 0 Å². The molecule has 1 fully saturated rings. The molecule has 4 aromatic rings. The van der Waals surface area contributed by atoms with Crippen LogP contribution in [0.25, 0.3) is 33.2 Å². The van der Waals surface area contributed by atoms with Gasteiger partial charge in [0.1, 0.15) is 17.8 Å². The van der Waals surface area contributed by atoms with Gasteiger partial charge in [0, 0.05) is 47.3 Å². The Bertz CT molecular complexity index is 1460. The SMILES string of the molecule is CCS(=O)(=O)N1CC(CC#N)(n2cc(-c3ncnc4[nH]ccc34)c3cc(F)ccc32)C1. The molecule has 0 atom stereocenters. The fourth-order valence-electron chi connectivity index (χ4n) is 4.36. The summed E-state index contributed by atoms with van der Waals surface area (Å²) in [4.78, 5) is 11.7. The topological polar surface area (TPSA) is 108 Å². The number of fused-ring (bicyclic) bond motifs is 2. The first-order chi connectivity index (χ1) is 14.9. The molecule has 1 saturated heterocycles. The summed E-state index contributed by atoms with van der Waals surface area (Å²) in [5.41, 5.74) is 2.01. The molecule has 0 bridgehead atoms. The number of nitrogens with zero attached hydrogens (tertiary/aromatic N) is 5. The van der Waals surface area contributed by atoms with E-state index in [1.165, 1.54) is 22.8 Å². The second-order valence-electron chi connectivity index (χ2n) is 7.76. The van der Waals surface area contributed by atoms with Crippen molar-refractivity contribution in [2.24, 2.45) is 0 Å². The predicted octanol–water partition coefficient (Wildman–Crippen LogP) is 2.99. The zero-order valence-electron chi connectivity index (χ0n) is 16.7. The molecule has 1 aromatic carbocycles. The van der Waals surface area contributed by atoms with Crippen molar-refractivity contribution >= 4 is 32.0 Å². The molecule has 0 amide bonds. The summed E-state index contributed by atoms with van der Waals surface area (Å²) in [6.07, 6.45) is 5.19. The van der Waals surface area contributed by atoms with Gasteiger partial charge >= 0.3 is 0 Å². The molecule has 8 nitrogen and oxygen atoms in total. The maximum Gasteiger partial charge on any atom is 0.213 e. The Kier molecular flexibility index (Phi) is 4.35. The average Bonchev–Trinajstić information content (AvgIpc) is 3.35. The number of H-pyrrole nitrogens is 1. The van der Waals surface area contributed by atoms with Gasteiger partial charge in [0.15, 0.2) is 0 Å². The first kappa shape index (κ1) is 19.7. The second-order valence-corrected chi connectivity index (χ2v) is 10.0. The number of nitriles is 1. The van der Waals surface area contributed by atoms with E-state index in [0.29, 0.717) is 22.3 Å². The number of sulfonamides is 1. The summed E-state index contributed by atoms with van der Waals surface area (Å²) < 4.78 is 42.2. The van der Waals surface area contributed by atoms with Crippen LogP contribution >= 0.6 is 0 Å². The lowest BCUT2D eigenvalue weighted by Crippen LogP contribution is -2.64.